The Labute approximate surface area is 354 Å². The lowest BCUT2D eigenvalue weighted by atomic mass is 9.81. The van der Waals surface area contributed by atoms with Crippen LogP contribution in [-0.2, 0) is 49.4 Å². The van der Waals surface area contributed by atoms with E-state index >= 15 is 0 Å². The van der Waals surface area contributed by atoms with Gasteiger partial charge in [0.25, 0.3) is 0 Å². The fraction of sp³-hybridized carbons (Fsp3) is 0.721. The summed E-state index contributed by atoms with van der Waals surface area (Å²) < 4.78 is 22.8. The molecule has 4 N–H and O–H groups in total. The number of carboxylic acid groups (broad SMARTS) is 1. The third-order valence-electron chi connectivity index (χ3n) is 10.6. The van der Waals surface area contributed by atoms with Crippen molar-refractivity contribution in [1.29, 1.82) is 0 Å². The van der Waals surface area contributed by atoms with Crippen molar-refractivity contribution in [1.82, 2.24) is 25.5 Å². The predicted molar refractivity (Wildman–Crippen MR) is 222 cm³/mol. The molecule has 1 fully saturated rings. The molecule has 3 atom stereocenters. The van der Waals surface area contributed by atoms with Crippen LogP contribution in [0.25, 0.3) is 0 Å². The van der Waals surface area contributed by atoms with Gasteiger partial charge in [0.1, 0.15) is 17.3 Å². The number of nitrogens with zero attached hydrogens (tertiary/aromatic N) is 3. The number of carbonyl (C=O) groups is 6. The van der Waals surface area contributed by atoms with Gasteiger partial charge in [0.15, 0.2) is 5.78 Å². The van der Waals surface area contributed by atoms with Gasteiger partial charge in [-0.3, -0.25) is 48.7 Å². The van der Waals surface area contributed by atoms with Crippen LogP contribution in [0, 0.1) is 17.8 Å². The minimum atomic E-state index is -0.902. The van der Waals surface area contributed by atoms with Gasteiger partial charge >= 0.3 is 5.97 Å². The van der Waals surface area contributed by atoms with E-state index in [1.54, 1.807) is 5.48 Å². The number of fused-ring (bicyclic) bond motifs is 11. The second-order valence-corrected chi connectivity index (χ2v) is 16.2. The Kier molecular flexibility index (Phi) is 24.1. The van der Waals surface area contributed by atoms with Crippen LogP contribution in [0.15, 0.2) is 24.3 Å². The molecule has 60 heavy (non-hydrogen) atoms. The SMILES string of the molecule is CC(=O)CN1CCN(CC(=O)O)CCN(CC(=O)CCCOCCOCCOCCCC(=O)[C@@H]2Cc3ccc(cc3)OCCC[C@H](C(=O)NO)[C@@H](CC(C)C)C(=O)N2)CC1. The summed E-state index contributed by atoms with van der Waals surface area (Å²) in [5.41, 5.74) is 2.59. The molecule has 338 valence electrons. The van der Waals surface area contributed by atoms with Crippen molar-refractivity contribution in [3.05, 3.63) is 29.8 Å². The van der Waals surface area contributed by atoms with E-state index in [0.29, 0.717) is 136 Å². The first kappa shape index (κ1) is 50.5. The average molecular weight is 848 g/mol. The van der Waals surface area contributed by atoms with Crippen LogP contribution in [0.1, 0.15) is 71.3 Å². The first-order chi connectivity index (χ1) is 28.8. The van der Waals surface area contributed by atoms with Crippen molar-refractivity contribution in [2.45, 2.75) is 78.2 Å². The molecule has 0 radical (unpaired) electrons. The summed E-state index contributed by atoms with van der Waals surface area (Å²) in [4.78, 5) is 81.6. The number of hydrogen-bond acceptors (Lipinski definition) is 14. The summed E-state index contributed by atoms with van der Waals surface area (Å²) in [5.74, 6) is -2.69. The van der Waals surface area contributed by atoms with Gasteiger partial charge in [0, 0.05) is 71.2 Å². The minimum absolute atomic E-state index is 0.0483. The van der Waals surface area contributed by atoms with Gasteiger partial charge in [0.2, 0.25) is 11.8 Å². The highest BCUT2D eigenvalue weighted by Crippen LogP contribution is 2.27. The lowest BCUT2D eigenvalue weighted by molar-refractivity contribution is -0.142. The van der Waals surface area contributed by atoms with Crippen molar-refractivity contribution in [3.8, 4) is 5.75 Å². The molecular weight excluding hydrogens is 778 g/mol. The molecule has 1 saturated heterocycles. The Morgan fingerprint density at radius 2 is 1.37 bits per heavy atom. The molecular formula is C43H69N5O12. The molecule has 4 rings (SSSR count). The Hall–Kier alpha value is -3.84. The number of aliphatic carboxylic acids is 1. The third kappa shape index (κ3) is 20.6. The van der Waals surface area contributed by atoms with Gasteiger partial charge in [-0.25, -0.2) is 5.48 Å². The second-order valence-electron chi connectivity index (χ2n) is 16.2. The van der Waals surface area contributed by atoms with Crippen LogP contribution in [0.5, 0.6) is 5.75 Å². The van der Waals surface area contributed by atoms with E-state index in [4.69, 9.17) is 18.9 Å². The zero-order valence-corrected chi connectivity index (χ0v) is 35.9. The minimum Gasteiger partial charge on any atom is -0.494 e. The van der Waals surface area contributed by atoms with Crippen LogP contribution < -0.4 is 15.5 Å². The molecule has 3 aliphatic heterocycles. The standard InChI is InChI=1S/C43H69N5O12/c1-32(2)27-38-37(43(55)45-56)8-5-22-60-36-12-10-34(11-13-36)28-39(44-42(38)54)40(51)9-6-21-58-24-26-59-25-23-57-20-4-7-35(50)30-47-16-14-46(29-33(3)49)15-18-48(19-17-47)31-41(52)53/h10-13,32,37-39,56H,4-9,14-31H2,1-3H3,(H,44,54)(H,45,55)(H,52,53)/t37-,38+,39-/m0/s1. The van der Waals surface area contributed by atoms with Crippen molar-refractivity contribution >= 4 is 35.1 Å². The molecule has 2 bridgehead atoms. The lowest BCUT2D eigenvalue weighted by Crippen LogP contribution is -2.49. The first-order valence-corrected chi connectivity index (χ1v) is 21.5. The van der Waals surface area contributed by atoms with Crippen molar-refractivity contribution < 1.29 is 58.0 Å². The van der Waals surface area contributed by atoms with Crippen molar-refractivity contribution in [2.24, 2.45) is 17.8 Å². The molecule has 17 nitrogen and oxygen atoms in total. The number of hydrogen-bond donors (Lipinski definition) is 4. The quantitative estimate of drug-likeness (QED) is 0.0666. The Balaban J connectivity index is 1.33. The number of hydroxylamine groups is 1. The van der Waals surface area contributed by atoms with E-state index in [2.05, 4.69) is 5.32 Å². The van der Waals surface area contributed by atoms with Crippen LogP contribution >= 0.6 is 0 Å². The molecule has 17 heteroatoms. The highest BCUT2D eigenvalue weighted by atomic mass is 16.5. The van der Waals surface area contributed by atoms with Gasteiger partial charge in [-0.2, -0.15) is 0 Å². The number of benzene rings is 1. The fourth-order valence-corrected chi connectivity index (χ4v) is 7.46. The number of rotatable bonds is 24. The smallest absolute Gasteiger partial charge is 0.317 e. The number of carbonyl (C=O) groups excluding carboxylic acids is 5. The van der Waals surface area contributed by atoms with Crippen molar-refractivity contribution in [2.75, 3.05) is 105 Å². The number of carboxylic acids is 1. The normalized spacial score (nSPS) is 20.3. The highest BCUT2D eigenvalue weighted by Gasteiger charge is 2.36. The van der Waals surface area contributed by atoms with Gasteiger partial charge in [-0.15, -0.1) is 0 Å². The molecule has 0 saturated carbocycles. The van der Waals surface area contributed by atoms with E-state index in [-0.39, 0.29) is 55.1 Å². The third-order valence-corrected chi connectivity index (χ3v) is 10.6. The van der Waals surface area contributed by atoms with Crippen LogP contribution in [0.2, 0.25) is 0 Å². The average Bonchev–Trinajstić information content (AvgIpc) is 3.28. The molecule has 1 aromatic rings. The molecule has 0 aromatic heterocycles. The van der Waals surface area contributed by atoms with Crippen molar-refractivity contribution in [3.63, 3.8) is 0 Å². The number of nitrogens with one attached hydrogen (secondary N) is 2. The topological polar surface area (TPSA) is 214 Å². The maximum absolute atomic E-state index is 13.7. The monoisotopic (exact) mass is 847 g/mol. The molecule has 0 aliphatic carbocycles. The number of amides is 2. The lowest BCUT2D eigenvalue weighted by Gasteiger charge is -2.29. The predicted octanol–water partition coefficient (Wildman–Crippen LogP) is 2.01. The zero-order valence-electron chi connectivity index (χ0n) is 35.9. The van der Waals surface area contributed by atoms with Crippen LogP contribution in [0.3, 0.4) is 0 Å². The summed E-state index contributed by atoms with van der Waals surface area (Å²) in [6.07, 6.45) is 3.08. The Bertz CT molecular complexity index is 1450. The number of ether oxygens (including phenoxy) is 4. The van der Waals surface area contributed by atoms with Crippen LogP contribution in [0.4, 0.5) is 0 Å². The maximum atomic E-state index is 13.7. The summed E-state index contributed by atoms with van der Waals surface area (Å²) in [7, 11) is 0. The van der Waals surface area contributed by atoms with E-state index in [1.165, 1.54) is 6.92 Å². The van der Waals surface area contributed by atoms with Gasteiger partial charge in [-0.1, -0.05) is 26.0 Å². The van der Waals surface area contributed by atoms with E-state index < -0.39 is 29.8 Å². The summed E-state index contributed by atoms with van der Waals surface area (Å²) in [6.45, 7) is 12.0. The summed E-state index contributed by atoms with van der Waals surface area (Å²) in [5, 5.41) is 21.7. The molecule has 3 aliphatic rings. The maximum Gasteiger partial charge on any atom is 0.317 e. The Morgan fingerprint density at radius 1 is 0.817 bits per heavy atom. The fourth-order valence-electron chi connectivity index (χ4n) is 7.46. The van der Waals surface area contributed by atoms with E-state index in [1.807, 2.05) is 52.8 Å². The van der Waals surface area contributed by atoms with Crippen LogP contribution in [-0.4, -0.2) is 171 Å². The zero-order chi connectivity index (χ0) is 43.7. The summed E-state index contributed by atoms with van der Waals surface area (Å²) >= 11 is 0. The molecule has 2 amide bonds. The molecule has 1 aromatic carbocycles. The van der Waals surface area contributed by atoms with E-state index in [0.717, 1.165) is 5.56 Å². The number of ketones is 3. The van der Waals surface area contributed by atoms with Gasteiger partial charge in [-0.05, 0) is 69.1 Å². The van der Waals surface area contributed by atoms with E-state index in [9.17, 15) is 39.1 Å². The molecule has 0 spiro atoms. The first-order valence-electron chi connectivity index (χ1n) is 21.5. The molecule has 3 heterocycles. The molecule has 0 unspecified atom stereocenters. The van der Waals surface area contributed by atoms with Gasteiger partial charge in [0.05, 0.1) is 64.6 Å². The second kappa shape index (κ2) is 28.6. The largest absolute Gasteiger partial charge is 0.494 e. The summed E-state index contributed by atoms with van der Waals surface area (Å²) in [6, 6.07) is 6.60. The van der Waals surface area contributed by atoms with Gasteiger partial charge < -0.3 is 29.4 Å². The number of Topliss-reactive ketones (excluding diaryl/α,β-unsaturated/α-hetero) is 3. The Morgan fingerprint density at radius 3 is 1.92 bits per heavy atom. The highest BCUT2D eigenvalue weighted by molar-refractivity contribution is 5.92.